The van der Waals surface area contributed by atoms with Crippen LogP contribution in [0.15, 0.2) is 0 Å². The van der Waals surface area contributed by atoms with Crippen LogP contribution in [0.25, 0.3) is 0 Å². The summed E-state index contributed by atoms with van der Waals surface area (Å²) in [6.07, 6.45) is 1.19. The maximum absolute atomic E-state index is 3.41. The maximum atomic E-state index is 3.41. The molecule has 0 aromatic carbocycles. The Morgan fingerprint density at radius 1 is 1.36 bits per heavy atom. The van der Waals surface area contributed by atoms with Crippen molar-refractivity contribution in [1.29, 1.82) is 0 Å². The van der Waals surface area contributed by atoms with Gasteiger partial charge in [0.25, 0.3) is 0 Å². The zero-order valence-corrected chi connectivity index (χ0v) is 8.07. The third-order valence-corrected chi connectivity index (χ3v) is 1.78. The highest BCUT2D eigenvalue weighted by atomic mass is 14.9. The zero-order chi connectivity index (χ0) is 8.69. The first-order chi connectivity index (χ1) is 5.20. The van der Waals surface area contributed by atoms with Gasteiger partial charge in [-0.25, -0.2) is 0 Å². The monoisotopic (exact) mass is 153 g/mol. The second kappa shape index (κ2) is 6.24. The maximum Gasteiger partial charge on any atom is 0.0299 e. The van der Waals surface area contributed by atoms with E-state index in [4.69, 9.17) is 0 Å². The van der Waals surface area contributed by atoms with E-state index in [9.17, 15) is 0 Å². The fourth-order valence-electron chi connectivity index (χ4n) is 0.820. The first-order valence-corrected chi connectivity index (χ1v) is 4.36. The third kappa shape index (κ3) is 5.94. The number of hydrogen-bond acceptors (Lipinski definition) is 1. The molecule has 0 saturated carbocycles. The Labute approximate surface area is 70.6 Å². The molecular weight excluding hydrogens is 134 g/mol. The fourth-order valence-corrected chi connectivity index (χ4v) is 0.820. The number of hydrogen-bond donors (Lipinski definition) is 1. The first kappa shape index (κ1) is 10.5. The average molecular weight is 153 g/mol. The Morgan fingerprint density at radius 2 is 2.00 bits per heavy atom. The molecule has 2 unspecified atom stereocenters. The lowest BCUT2D eigenvalue weighted by atomic mass is 10.1. The van der Waals surface area contributed by atoms with Gasteiger partial charge in [-0.05, 0) is 20.3 Å². The van der Waals surface area contributed by atoms with Crippen LogP contribution in [0.3, 0.4) is 0 Å². The Hall–Kier alpha value is -0.480. The van der Waals surface area contributed by atoms with Crippen molar-refractivity contribution in [2.24, 2.45) is 5.92 Å². The highest BCUT2D eigenvalue weighted by Gasteiger charge is 1.99. The van der Waals surface area contributed by atoms with Crippen LogP contribution in [0.4, 0.5) is 0 Å². The molecule has 0 spiro atoms. The summed E-state index contributed by atoms with van der Waals surface area (Å²) in [7, 11) is 0. The predicted octanol–water partition coefficient (Wildman–Crippen LogP) is 2.03. The van der Waals surface area contributed by atoms with Gasteiger partial charge in [-0.1, -0.05) is 19.8 Å². The lowest BCUT2D eigenvalue weighted by Crippen LogP contribution is -2.29. The van der Waals surface area contributed by atoms with Crippen LogP contribution in [0.1, 0.15) is 34.1 Å². The first-order valence-electron chi connectivity index (χ1n) is 4.36. The summed E-state index contributed by atoms with van der Waals surface area (Å²) in [5.74, 6) is 6.51. The minimum Gasteiger partial charge on any atom is -0.313 e. The Morgan fingerprint density at radius 3 is 2.45 bits per heavy atom. The topological polar surface area (TPSA) is 12.0 Å². The normalized spacial score (nSPS) is 14.9. The number of nitrogens with one attached hydrogen (secondary N) is 1. The lowest BCUT2D eigenvalue weighted by molar-refractivity contribution is 0.502. The highest BCUT2D eigenvalue weighted by Crippen LogP contribution is 1.92. The SMILES string of the molecule is CC#CC(C)CNC(C)CC. The van der Waals surface area contributed by atoms with Gasteiger partial charge in [0.15, 0.2) is 0 Å². The van der Waals surface area contributed by atoms with Crippen LogP contribution in [0.5, 0.6) is 0 Å². The number of rotatable bonds is 4. The molecule has 2 atom stereocenters. The van der Waals surface area contributed by atoms with E-state index in [1.165, 1.54) is 6.42 Å². The lowest BCUT2D eigenvalue weighted by Gasteiger charge is -2.12. The molecule has 0 aliphatic carbocycles. The van der Waals surface area contributed by atoms with Crippen molar-refractivity contribution in [3.8, 4) is 11.8 Å². The average Bonchev–Trinajstić information content (AvgIpc) is 2.01. The summed E-state index contributed by atoms with van der Waals surface area (Å²) in [6, 6.07) is 0.621. The summed E-state index contributed by atoms with van der Waals surface area (Å²) in [5, 5.41) is 3.41. The standard InChI is InChI=1S/C10H19N/c1-5-7-9(3)8-11-10(4)6-2/h9-11H,6,8H2,1-4H3. The summed E-state index contributed by atoms with van der Waals surface area (Å²) >= 11 is 0. The van der Waals surface area contributed by atoms with Gasteiger partial charge in [-0.2, -0.15) is 0 Å². The van der Waals surface area contributed by atoms with Crippen molar-refractivity contribution < 1.29 is 0 Å². The van der Waals surface area contributed by atoms with E-state index in [2.05, 4.69) is 37.9 Å². The summed E-state index contributed by atoms with van der Waals surface area (Å²) in [5.41, 5.74) is 0. The molecule has 0 aromatic heterocycles. The molecule has 0 heterocycles. The molecule has 1 nitrogen and oxygen atoms in total. The van der Waals surface area contributed by atoms with Gasteiger partial charge < -0.3 is 5.32 Å². The van der Waals surface area contributed by atoms with Crippen molar-refractivity contribution in [2.45, 2.75) is 40.2 Å². The van der Waals surface area contributed by atoms with Crippen molar-refractivity contribution in [3.63, 3.8) is 0 Å². The molecule has 0 bridgehead atoms. The second-order valence-electron chi connectivity index (χ2n) is 3.01. The van der Waals surface area contributed by atoms with Crippen LogP contribution in [0, 0.1) is 17.8 Å². The predicted molar refractivity (Wildman–Crippen MR) is 50.4 cm³/mol. The van der Waals surface area contributed by atoms with Crippen molar-refractivity contribution in [3.05, 3.63) is 0 Å². The minimum atomic E-state index is 0.481. The van der Waals surface area contributed by atoms with Gasteiger partial charge in [0, 0.05) is 18.5 Å². The fraction of sp³-hybridized carbons (Fsp3) is 0.800. The van der Waals surface area contributed by atoms with Gasteiger partial charge in [-0.3, -0.25) is 0 Å². The van der Waals surface area contributed by atoms with Gasteiger partial charge in [0.05, 0.1) is 0 Å². The summed E-state index contributed by atoms with van der Waals surface area (Å²) < 4.78 is 0. The molecule has 1 N–H and O–H groups in total. The summed E-state index contributed by atoms with van der Waals surface area (Å²) in [4.78, 5) is 0. The van der Waals surface area contributed by atoms with E-state index in [1.54, 1.807) is 0 Å². The van der Waals surface area contributed by atoms with Gasteiger partial charge >= 0.3 is 0 Å². The van der Waals surface area contributed by atoms with Gasteiger partial charge in [0.2, 0.25) is 0 Å². The zero-order valence-electron chi connectivity index (χ0n) is 8.07. The minimum absolute atomic E-state index is 0.481. The molecule has 0 radical (unpaired) electrons. The molecule has 0 aliphatic rings. The van der Waals surface area contributed by atoms with E-state index in [1.807, 2.05) is 6.92 Å². The largest absolute Gasteiger partial charge is 0.313 e. The quantitative estimate of drug-likeness (QED) is 0.609. The molecular formula is C10H19N. The molecule has 0 aliphatic heterocycles. The van der Waals surface area contributed by atoms with E-state index in [0.717, 1.165) is 6.54 Å². The second-order valence-corrected chi connectivity index (χ2v) is 3.01. The highest BCUT2D eigenvalue weighted by molar-refractivity contribution is 5.00. The van der Waals surface area contributed by atoms with Gasteiger partial charge in [0.1, 0.15) is 0 Å². The molecule has 0 amide bonds. The van der Waals surface area contributed by atoms with Crippen molar-refractivity contribution in [2.75, 3.05) is 6.54 Å². The molecule has 11 heavy (non-hydrogen) atoms. The van der Waals surface area contributed by atoms with Crippen LogP contribution in [-0.4, -0.2) is 12.6 Å². The Kier molecular flexibility index (Phi) is 5.97. The van der Waals surface area contributed by atoms with Crippen LogP contribution < -0.4 is 5.32 Å². The molecule has 0 rings (SSSR count). The Bertz CT molecular complexity index is 141. The Balaban J connectivity index is 3.42. The molecule has 1 heteroatoms. The van der Waals surface area contributed by atoms with Crippen molar-refractivity contribution >= 4 is 0 Å². The molecule has 64 valence electrons. The molecule has 0 saturated heterocycles. The van der Waals surface area contributed by atoms with Gasteiger partial charge in [-0.15, -0.1) is 5.92 Å². The van der Waals surface area contributed by atoms with E-state index in [-0.39, 0.29) is 0 Å². The van der Waals surface area contributed by atoms with Crippen LogP contribution in [0.2, 0.25) is 0 Å². The van der Waals surface area contributed by atoms with Crippen LogP contribution >= 0.6 is 0 Å². The van der Waals surface area contributed by atoms with E-state index in [0.29, 0.717) is 12.0 Å². The summed E-state index contributed by atoms with van der Waals surface area (Å²) in [6.45, 7) is 9.43. The van der Waals surface area contributed by atoms with Crippen LogP contribution in [-0.2, 0) is 0 Å². The molecule has 0 aromatic rings. The van der Waals surface area contributed by atoms with E-state index >= 15 is 0 Å². The third-order valence-electron chi connectivity index (χ3n) is 1.78. The van der Waals surface area contributed by atoms with Crippen molar-refractivity contribution in [1.82, 2.24) is 5.32 Å². The smallest absolute Gasteiger partial charge is 0.0299 e. The molecule has 0 fully saturated rings. The van der Waals surface area contributed by atoms with E-state index < -0.39 is 0 Å².